The Morgan fingerprint density at radius 1 is 1.17 bits per heavy atom. The standard InChI is InChI=1S/C23H32N4O3/c1-29-14-12-26-10-6-18(7-11-26)16-27(17-20-3-2-13-30-20)23(28)19-4-5-21-22(15-19)25-9-8-24-21/h4-5,8-9,15,18,20H,2-3,6-7,10-14,16-17H2,1H3. The topological polar surface area (TPSA) is 67.8 Å². The van der Waals surface area contributed by atoms with Crippen molar-refractivity contribution in [1.29, 1.82) is 0 Å². The third-order valence-corrected chi connectivity index (χ3v) is 6.25. The molecule has 2 aromatic rings. The van der Waals surface area contributed by atoms with Crippen LogP contribution in [0.25, 0.3) is 11.0 Å². The van der Waals surface area contributed by atoms with Crippen molar-refractivity contribution in [1.82, 2.24) is 19.8 Å². The fourth-order valence-corrected chi connectivity index (χ4v) is 4.48. The van der Waals surface area contributed by atoms with Gasteiger partial charge in [0.25, 0.3) is 5.91 Å². The minimum atomic E-state index is 0.0693. The Hall–Kier alpha value is -2.09. The Labute approximate surface area is 178 Å². The molecule has 7 nitrogen and oxygen atoms in total. The molecule has 2 fully saturated rings. The van der Waals surface area contributed by atoms with Gasteiger partial charge in [0.05, 0.1) is 23.7 Å². The van der Waals surface area contributed by atoms with Crippen LogP contribution in [-0.4, -0.2) is 84.8 Å². The summed E-state index contributed by atoms with van der Waals surface area (Å²) in [6.45, 7) is 6.16. The molecule has 1 amide bonds. The van der Waals surface area contributed by atoms with Crippen LogP contribution in [0.1, 0.15) is 36.0 Å². The first kappa shape index (κ1) is 21.2. The minimum absolute atomic E-state index is 0.0693. The second kappa shape index (κ2) is 10.3. The minimum Gasteiger partial charge on any atom is -0.383 e. The van der Waals surface area contributed by atoms with Gasteiger partial charge in [-0.05, 0) is 62.9 Å². The monoisotopic (exact) mass is 412 g/mol. The molecule has 162 valence electrons. The van der Waals surface area contributed by atoms with E-state index >= 15 is 0 Å². The van der Waals surface area contributed by atoms with E-state index in [0.29, 0.717) is 18.0 Å². The molecule has 3 heterocycles. The fourth-order valence-electron chi connectivity index (χ4n) is 4.48. The number of likely N-dealkylation sites (tertiary alicyclic amines) is 1. The zero-order chi connectivity index (χ0) is 20.8. The molecule has 0 spiro atoms. The van der Waals surface area contributed by atoms with Gasteiger partial charge in [-0.25, -0.2) is 0 Å². The lowest BCUT2D eigenvalue weighted by Gasteiger charge is -2.35. The first-order valence-electron chi connectivity index (χ1n) is 11.1. The number of carbonyl (C=O) groups excluding carboxylic acids is 1. The number of methoxy groups -OCH3 is 1. The smallest absolute Gasteiger partial charge is 0.254 e. The Kier molecular flexibility index (Phi) is 7.25. The molecule has 1 aromatic heterocycles. The van der Waals surface area contributed by atoms with Gasteiger partial charge in [0, 0.05) is 51.3 Å². The maximum atomic E-state index is 13.5. The number of fused-ring (bicyclic) bond motifs is 1. The number of carbonyl (C=O) groups is 1. The van der Waals surface area contributed by atoms with E-state index in [1.807, 2.05) is 23.1 Å². The van der Waals surface area contributed by atoms with E-state index in [9.17, 15) is 4.79 Å². The summed E-state index contributed by atoms with van der Waals surface area (Å²) < 4.78 is 11.1. The molecule has 0 saturated carbocycles. The van der Waals surface area contributed by atoms with Gasteiger partial charge in [-0.2, -0.15) is 0 Å². The molecule has 0 aliphatic carbocycles. The second-order valence-electron chi connectivity index (χ2n) is 8.38. The summed E-state index contributed by atoms with van der Waals surface area (Å²) >= 11 is 0. The fraction of sp³-hybridized carbons (Fsp3) is 0.609. The Bertz CT molecular complexity index is 832. The molecule has 2 aliphatic rings. The molecule has 30 heavy (non-hydrogen) atoms. The molecule has 0 radical (unpaired) electrons. The van der Waals surface area contributed by atoms with E-state index in [1.54, 1.807) is 19.5 Å². The predicted molar refractivity (Wildman–Crippen MR) is 115 cm³/mol. The number of rotatable bonds is 8. The molecule has 7 heteroatoms. The number of nitrogens with zero attached hydrogens (tertiary/aromatic N) is 4. The third-order valence-electron chi connectivity index (χ3n) is 6.25. The predicted octanol–water partition coefficient (Wildman–Crippen LogP) is 2.61. The SMILES string of the molecule is COCCN1CCC(CN(CC2CCCO2)C(=O)c2ccc3nccnc3c2)CC1. The number of hydrogen-bond acceptors (Lipinski definition) is 6. The molecule has 4 rings (SSSR count). The van der Waals surface area contributed by atoms with Crippen molar-refractivity contribution >= 4 is 16.9 Å². The first-order valence-corrected chi connectivity index (χ1v) is 11.1. The second-order valence-corrected chi connectivity index (χ2v) is 8.38. The van der Waals surface area contributed by atoms with Crippen LogP contribution in [0.2, 0.25) is 0 Å². The van der Waals surface area contributed by atoms with Crippen molar-refractivity contribution in [2.75, 3.05) is 53.0 Å². The van der Waals surface area contributed by atoms with Gasteiger partial charge in [0.2, 0.25) is 0 Å². The maximum Gasteiger partial charge on any atom is 0.254 e. The number of amides is 1. The number of aromatic nitrogens is 2. The van der Waals surface area contributed by atoms with Crippen molar-refractivity contribution in [3.63, 3.8) is 0 Å². The average molecular weight is 413 g/mol. The quantitative estimate of drug-likeness (QED) is 0.664. The molecular formula is C23H32N4O3. The average Bonchev–Trinajstić information content (AvgIpc) is 3.30. The number of piperidine rings is 1. The molecule has 0 bridgehead atoms. The van der Waals surface area contributed by atoms with Crippen molar-refractivity contribution in [3.8, 4) is 0 Å². The number of benzene rings is 1. The Balaban J connectivity index is 1.44. The van der Waals surface area contributed by atoms with Crippen LogP contribution < -0.4 is 0 Å². The number of ether oxygens (including phenoxy) is 2. The lowest BCUT2D eigenvalue weighted by molar-refractivity contribution is 0.0437. The van der Waals surface area contributed by atoms with Crippen molar-refractivity contribution in [3.05, 3.63) is 36.2 Å². The zero-order valence-electron chi connectivity index (χ0n) is 17.8. The zero-order valence-corrected chi connectivity index (χ0v) is 17.8. The van der Waals surface area contributed by atoms with Crippen molar-refractivity contribution in [2.24, 2.45) is 5.92 Å². The van der Waals surface area contributed by atoms with Crippen LogP contribution in [0.3, 0.4) is 0 Å². The van der Waals surface area contributed by atoms with Crippen LogP contribution >= 0.6 is 0 Å². The van der Waals surface area contributed by atoms with Crippen LogP contribution in [0, 0.1) is 5.92 Å². The normalized spacial score (nSPS) is 20.6. The molecule has 2 saturated heterocycles. The molecular weight excluding hydrogens is 380 g/mol. The molecule has 1 aromatic carbocycles. The Morgan fingerprint density at radius 3 is 2.70 bits per heavy atom. The van der Waals surface area contributed by atoms with Gasteiger partial charge >= 0.3 is 0 Å². The molecule has 2 aliphatic heterocycles. The Morgan fingerprint density at radius 2 is 1.97 bits per heavy atom. The van der Waals surface area contributed by atoms with Gasteiger partial charge in [0.1, 0.15) is 0 Å². The first-order chi connectivity index (χ1) is 14.7. The number of hydrogen-bond donors (Lipinski definition) is 0. The van der Waals surface area contributed by atoms with Gasteiger partial charge in [0.15, 0.2) is 0 Å². The highest BCUT2D eigenvalue weighted by molar-refractivity contribution is 5.97. The van der Waals surface area contributed by atoms with Crippen LogP contribution in [0.5, 0.6) is 0 Å². The molecule has 1 unspecified atom stereocenters. The van der Waals surface area contributed by atoms with Gasteiger partial charge in [-0.3, -0.25) is 14.8 Å². The molecule has 1 atom stereocenters. The van der Waals surface area contributed by atoms with Crippen LogP contribution in [-0.2, 0) is 9.47 Å². The molecule has 0 N–H and O–H groups in total. The van der Waals surface area contributed by atoms with Crippen LogP contribution in [0.15, 0.2) is 30.6 Å². The van der Waals surface area contributed by atoms with Gasteiger partial charge in [-0.15, -0.1) is 0 Å². The van der Waals surface area contributed by atoms with Gasteiger partial charge in [-0.1, -0.05) is 0 Å². The summed E-state index contributed by atoms with van der Waals surface area (Å²) in [6, 6.07) is 5.61. The lowest BCUT2D eigenvalue weighted by atomic mass is 9.95. The lowest BCUT2D eigenvalue weighted by Crippen LogP contribution is -2.44. The van der Waals surface area contributed by atoms with E-state index in [4.69, 9.17) is 9.47 Å². The van der Waals surface area contributed by atoms with E-state index in [0.717, 1.165) is 76.1 Å². The van der Waals surface area contributed by atoms with E-state index < -0.39 is 0 Å². The highest BCUT2D eigenvalue weighted by atomic mass is 16.5. The van der Waals surface area contributed by atoms with Crippen molar-refractivity contribution < 1.29 is 14.3 Å². The van der Waals surface area contributed by atoms with E-state index in [1.165, 1.54) is 0 Å². The third kappa shape index (κ3) is 5.33. The van der Waals surface area contributed by atoms with E-state index in [-0.39, 0.29) is 12.0 Å². The summed E-state index contributed by atoms with van der Waals surface area (Å²) in [7, 11) is 1.75. The maximum absolute atomic E-state index is 13.5. The highest BCUT2D eigenvalue weighted by Crippen LogP contribution is 2.22. The van der Waals surface area contributed by atoms with Crippen LogP contribution in [0.4, 0.5) is 0 Å². The van der Waals surface area contributed by atoms with E-state index in [2.05, 4.69) is 14.9 Å². The summed E-state index contributed by atoms with van der Waals surface area (Å²) in [5.41, 5.74) is 2.24. The summed E-state index contributed by atoms with van der Waals surface area (Å²) in [5, 5.41) is 0. The largest absolute Gasteiger partial charge is 0.383 e. The highest BCUT2D eigenvalue weighted by Gasteiger charge is 2.28. The summed E-state index contributed by atoms with van der Waals surface area (Å²) in [4.78, 5) is 26.6. The van der Waals surface area contributed by atoms with Gasteiger partial charge < -0.3 is 19.3 Å². The van der Waals surface area contributed by atoms with Crippen molar-refractivity contribution in [2.45, 2.75) is 31.8 Å². The summed E-state index contributed by atoms with van der Waals surface area (Å²) in [6.07, 6.45) is 7.82. The summed E-state index contributed by atoms with van der Waals surface area (Å²) in [5.74, 6) is 0.592.